The van der Waals surface area contributed by atoms with Crippen molar-refractivity contribution in [1.29, 1.82) is 0 Å². The zero-order valence-corrected chi connectivity index (χ0v) is 21.3. The highest BCUT2D eigenvalue weighted by molar-refractivity contribution is 9.10. The van der Waals surface area contributed by atoms with Crippen LogP contribution in [0.4, 0.5) is 4.79 Å². The van der Waals surface area contributed by atoms with Crippen LogP contribution in [0.3, 0.4) is 0 Å². The molecule has 0 spiro atoms. The molecule has 0 aromatic heterocycles. The second kappa shape index (κ2) is 10.3. The van der Waals surface area contributed by atoms with Gasteiger partial charge in [-0.3, -0.25) is 19.3 Å². The molecule has 0 unspecified atom stereocenters. The van der Waals surface area contributed by atoms with Crippen molar-refractivity contribution in [2.75, 3.05) is 19.6 Å². The van der Waals surface area contributed by atoms with Crippen LogP contribution in [0.25, 0.3) is 16.8 Å². The van der Waals surface area contributed by atoms with Crippen LogP contribution >= 0.6 is 27.7 Å². The highest BCUT2D eigenvalue weighted by Gasteiger charge is 2.37. The Balaban J connectivity index is 1.36. The number of carbonyl (C=O) groups excluding carboxylic acids is 3. The molecule has 8 heteroatoms. The Morgan fingerprint density at radius 3 is 2.63 bits per heavy atom. The topological polar surface area (TPSA) is 66.9 Å². The molecule has 2 saturated heterocycles. The molecule has 0 N–H and O–H groups in total. The van der Waals surface area contributed by atoms with Crippen LogP contribution < -0.4 is 4.74 Å². The van der Waals surface area contributed by atoms with Crippen molar-refractivity contribution in [2.24, 2.45) is 0 Å². The van der Waals surface area contributed by atoms with Crippen molar-refractivity contribution in [3.63, 3.8) is 0 Å². The molecule has 0 aliphatic carbocycles. The third kappa shape index (κ3) is 5.13. The standard InChI is InChI=1S/C27H23BrN2O4S/c28-21-10-11-23(34-17-19-8-5-7-18-6-1-2-9-22(18)19)20(14-21)15-24-26(32)30(27(33)35-24)16-25(31)29-12-3-4-13-29/h1-2,5-11,14-15H,3-4,12-13,16-17H2/b24-15+. The number of rotatable bonds is 6. The maximum absolute atomic E-state index is 13.0. The molecule has 0 atom stereocenters. The number of hydrogen-bond donors (Lipinski definition) is 0. The first-order valence-electron chi connectivity index (χ1n) is 11.4. The summed E-state index contributed by atoms with van der Waals surface area (Å²) in [5.41, 5.74) is 1.73. The number of fused-ring (bicyclic) bond motifs is 1. The summed E-state index contributed by atoms with van der Waals surface area (Å²) in [5.74, 6) is -0.0405. The molecule has 35 heavy (non-hydrogen) atoms. The van der Waals surface area contributed by atoms with Gasteiger partial charge in [0.1, 0.15) is 18.9 Å². The summed E-state index contributed by atoms with van der Waals surface area (Å²) >= 11 is 4.33. The van der Waals surface area contributed by atoms with Gasteiger partial charge in [-0.15, -0.1) is 0 Å². The number of halogens is 1. The van der Waals surface area contributed by atoms with Crippen molar-refractivity contribution in [2.45, 2.75) is 19.4 Å². The van der Waals surface area contributed by atoms with Gasteiger partial charge in [0, 0.05) is 23.1 Å². The first kappa shape index (κ1) is 23.6. The van der Waals surface area contributed by atoms with E-state index in [1.165, 1.54) is 0 Å². The Kier molecular flexibility index (Phi) is 6.92. The molecule has 3 aromatic rings. The number of carbonyl (C=O) groups is 3. The predicted molar refractivity (Wildman–Crippen MR) is 141 cm³/mol. The van der Waals surface area contributed by atoms with E-state index in [0.29, 0.717) is 31.0 Å². The van der Waals surface area contributed by atoms with Gasteiger partial charge in [-0.25, -0.2) is 0 Å². The van der Waals surface area contributed by atoms with Gasteiger partial charge in [0.2, 0.25) is 5.91 Å². The number of nitrogens with zero attached hydrogens (tertiary/aromatic N) is 2. The Morgan fingerprint density at radius 2 is 1.80 bits per heavy atom. The Morgan fingerprint density at radius 1 is 1.03 bits per heavy atom. The largest absolute Gasteiger partial charge is 0.488 e. The molecular weight excluding hydrogens is 528 g/mol. The molecule has 178 valence electrons. The Bertz CT molecular complexity index is 1340. The lowest BCUT2D eigenvalue weighted by molar-refractivity contribution is -0.135. The molecule has 2 fully saturated rings. The second-order valence-electron chi connectivity index (χ2n) is 8.46. The monoisotopic (exact) mass is 550 g/mol. The van der Waals surface area contributed by atoms with Crippen LogP contribution in [0, 0.1) is 0 Å². The minimum absolute atomic E-state index is 0.187. The first-order valence-corrected chi connectivity index (χ1v) is 13.0. The number of benzene rings is 3. The molecule has 0 saturated carbocycles. The molecule has 2 aliphatic rings. The van der Waals surface area contributed by atoms with Crippen LogP contribution in [0.5, 0.6) is 5.75 Å². The zero-order valence-electron chi connectivity index (χ0n) is 18.9. The molecule has 3 aromatic carbocycles. The molecule has 0 radical (unpaired) electrons. The minimum atomic E-state index is -0.451. The fourth-order valence-corrected chi connectivity index (χ4v) is 5.52. The van der Waals surface area contributed by atoms with E-state index >= 15 is 0 Å². The van der Waals surface area contributed by atoms with Crippen LogP contribution in [0.2, 0.25) is 0 Å². The maximum atomic E-state index is 13.0. The highest BCUT2D eigenvalue weighted by atomic mass is 79.9. The molecule has 2 heterocycles. The Hall–Kier alpha value is -3.10. The van der Waals surface area contributed by atoms with Gasteiger partial charge in [0.05, 0.1) is 4.91 Å². The molecular formula is C27H23BrN2O4S. The molecule has 6 nitrogen and oxygen atoms in total. The number of amides is 3. The van der Waals surface area contributed by atoms with Gasteiger partial charge in [-0.1, -0.05) is 58.4 Å². The van der Waals surface area contributed by atoms with E-state index in [-0.39, 0.29) is 17.4 Å². The van der Waals surface area contributed by atoms with Gasteiger partial charge in [-0.2, -0.15) is 0 Å². The van der Waals surface area contributed by atoms with Crippen LogP contribution in [0.1, 0.15) is 24.0 Å². The maximum Gasteiger partial charge on any atom is 0.294 e. The highest BCUT2D eigenvalue weighted by Crippen LogP contribution is 2.35. The zero-order chi connectivity index (χ0) is 24.4. The van der Waals surface area contributed by atoms with Crippen LogP contribution in [-0.2, 0) is 16.2 Å². The van der Waals surface area contributed by atoms with Gasteiger partial charge < -0.3 is 9.64 Å². The SMILES string of the molecule is O=C(CN1C(=O)S/C(=C/c2cc(Br)ccc2OCc2cccc3ccccc23)C1=O)N1CCCC1. The first-order chi connectivity index (χ1) is 17.0. The third-order valence-electron chi connectivity index (χ3n) is 6.15. The lowest BCUT2D eigenvalue weighted by atomic mass is 10.1. The average Bonchev–Trinajstić information content (AvgIpc) is 3.49. The summed E-state index contributed by atoms with van der Waals surface area (Å²) in [6.07, 6.45) is 3.57. The smallest absolute Gasteiger partial charge is 0.294 e. The molecule has 0 bridgehead atoms. The fraction of sp³-hybridized carbons (Fsp3) is 0.222. The van der Waals surface area contributed by atoms with Gasteiger partial charge in [0.15, 0.2) is 0 Å². The van der Waals surface area contributed by atoms with E-state index in [1.807, 2.05) is 42.5 Å². The number of thioether (sulfide) groups is 1. The summed E-state index contributed by atoms with van der Waals surface area (Å²) in [6.45, 7) is 1.50. The summed E-state index contributed by atoms with van der Waals surface area (Å²) in [6, 6.07) is 19.8. The third-order valence-corrected chi connectivity index (χ3v) is 7.55. The quantitative estimate of drug-likeness (QED) is 0.360. The van der Waals surface area contributed by atoms with Crippen LogP contribution in [-0.4, -0.2) is 46.5 Å². The normalized spacial score (nSPS) is 17.1. The van der Waals surface area contributed by atoms with E-state index in [1.54, 1.807) is 11.0 Å². The van der Waals surface area contributed by atoms with E-state index in [9.17, 15) is 14.4 Å². The molecule has 3 amide bonds. The van der Waals surface area contributed by atoms with Crippen molar-refractivity contribution < 1.29 is 19.1 Å². The van der Waals surface area contributed by atoms with Gasteiger partial charge >= 0.3 is 0 Å². The van der Waals surface area contributed by atoms with E-state index < -0.39 is 11.1 Å². The second-order valence-corrected chi connectivity index (χ2v) is 10.4. The minimum Gasteiger partial charge on any atom is -0.488 e. The van der Waals surface area contributed by atoms with Crippen molar-refractivity contribution >= 4 is 61.6 Å². The van der Waals surface area contributed by atoms with E-state index in [0.717, 1.165) is 50.3 Å². The summed E-state index contributed by atoms with van der Waals surface area (Å²) in [7, 11) is 0. The summed E-state index contributed by atoms with van der Waals surface area (Å²) in [4.78, 5) is 41.0. The molecule has 2 aliphatic heterocycles. The Labute approximate surface area is 216 Å². The lowest BCUT2D eigenvalue weighted by Gasteiger charge is -2.18. The lowest BCUT2D eigenvalue weighted by Crippen LogP contribution is -2.40. The number of imide groups is 1. The number of ether oxygens (including phenoxy) is 1. The summed E-state index contributed by atoms with van der Waals surface area (Å²) in [5, 5.41) is 1.83. The van der Waals surface area contributed by atoms with E-state index in [4.69, 9.17) is 4.74 Å². The number of hydrogen-bond acceptors (Lipinski definition) is 5. The van der Waals surface area contributed by atoms with Gasteiger partial charge in [0.25, 0.3) is 11.1 Å². The predicted octanol–water partition coefficient (Wildman–Crippen LogP) is 5.84. The van der Waals surface area contributed by atoms with Gasteiger partial charge in [-0.05, 0) is 65.2 Å². The number of likely N-dealkylation sites (tertiary alicyclic amines) is 1. The average molecular weight is 551 g/mol. The van der Waals surface area contributed by atoms with Crippen molar-refractivity contribution in [3.05, 3.63) is 81.2 Å². The van der Waals surface area contributed by atoms with Crippen molar-refractivity contribution in [3.8, 4) is 5.75 Å². The fourth-order valence-electron chi connectivity index (χ4n) is 4.32. The van der Waals surface area contributed by atoms with E-state index in [2.05, 4.69) is 34.1 Å². The van der Waals surface area contributed by atoms with Crippen molar-refractivity contribution in [1.82, 2.24) is 9.80 Å². The summed E-state index contributed by atoms with van der Waals surface area (Å²) < 4.78 is 7.00. The molecule has 5 rings (SSSR count). The van der Waals surface area contributed by atoms with Crippen LogP contribution in [0.15, 0.2) is 70.0 Å².